The average molecular weight is 683 g/mol. The van der Waals surface area contributed by atoms with E-state index in [0.29, 0.717) is 25.9 Å². The Bertz CT molecular complexity index is 1560. The van der Waals surface area contributed by atoms with E-state index in [2.05, 4.69) is 11.8 Å². The minimum atomic E-state index is -1.70. The molecule has 2 aliphatic heterocycles. The monoisotopic (exact) mass is 682 g/mol. The molecule has 14 atom stereocenters. The van der Waals surface area contributed by atoms with Crippen LogP contribution in [0.15, 0.2) is 24.3 Å². The number of esters is 1. The average Bonchev–Trinajstić information content (AvgIpc) is 3.63. The highest BCUT2D eigenvalue weighted by atomic mass is 16.5. The number of amides is 2. The minimum absolute atomic E-state index is 0.0358. The second-order valence-electron chi connectivity index (χ2n) is 16.0. The van der Waals surface area contributed by atoms with Gasteiger partial charge in [0.2, 0.25) is 11.8 Å². The summed E-state index contributed by atoms with van der Waals surface area (Å²) < 4.78 is 31.4. The number of imide groups is 1. The first-order valence-electron chi connectivity index (χ1n) is 17.9. The van der Waals surface area contributed by atoms with Gasteiger partial charge in [-0.1, -0.05) is 26.0 Å². The lowest BCUT2D eigenvalue weighted by Gasteiger charge is -2.70. The molecule has 2 N–H and O–H groups in total. The van der Waals surface area contributed by atoms with Gasteiger partial charge in [0.1, 0.15) is 11.2 Å². The Morgan fingerprint density at radius 2 is 1.80 bits per heavy atom. The lowest BCUT2D eigenvalue weighted by atomic mass is 9.42. The van der Waals surface area contributed by atoms with Crippen LogP contribution in [0, 0.1) is 40.4 Å². The van der Waals surface area contributed by atoms with Gasteiger partial charge in [0.25, 0.3) is 0 Å². The Morgan fingerprint density at radius 3 is 2.43 bits per heavy atom. The van der Waals surface area contributed by atoms with Crippen molar-refractivity contribution in [1.82, 2.24) is 4.90 Å². The molecule has 268 valence electrons. The molecular formula is C37H50N2O10. The van der Waals surface area contributed by atoms with Gasteiger partial charge in [0.05, 0.1) is 48.3 Å². The summed E-state index contributed by atoms with van der Waals surface area (Å²) in [6.45, 7) is 4.95. The highest BCUT2D eigenvalue weighted by Gasteiger charge is 2.91. The molecule has 5 aliphatic carbocycles. The number of likely N-dealkylation sites (N-methyl/N-ethyl adjacent to an activating group) is 1. The van der Waals surface area contributed by atoms with E-state index in [1.807, 2.05) is 0 Å². The number of fused-ring (bicyclic) bond motifs is 2. The third-order valence-electron chi connectivity index (χ3n) is 14.5. The lowest BCUT2D eigenvalue weighted by molar-refractivity contribution is -0.320. The van der Waals surface area contributed by atoms with Gasteiger partial charge < -0.3 is 33.9 Å². The molecule has 2 saturated heterocycles. The van der Waals surface area contributed by atoms with Crippen molar-refractivity contribution in [1.29, 1.82) is 0 Å². The number of methoxy groups -OCH3 is 4. The lowest BCUT2D eigenvalue weighted by Crippen LogP contribution is -2.82. The van der Waals surface area contributed by atoms with Crippen LogP contribution in [0.5, 0.6) is 0 Å². The van der Waals surface area contributed by atoms with Crippen LogP contribution in [0.25, 0.3) is 0 Å². The van der Waals surface area contributed by atoms with E-state index in [0.717, 1.165) is 11.3 Å². The molecule has 2 amide bonds. The standard InChI is InChI=1S/C37H50N2O10/c1-7-38-17-34(18-49-32(42)20-10-8-9-11-23(20)39-26(40)14-19(2)31(39)41)13-12-25(46-4)36-22-15-21-24(45-3)16-35(43,27(22)28(21)47-5)37(44,33(36)38)30(48-6)29(34)36/h8-11,19,21-22,24-25,27-30,33,43-44H,7,12-18H2,1-6H3/t19-,21+,22+,24-,25-,27+,28-,29-,30-,33-,34+,35+,36-,37-/m0/s1. The first-order valence-corrected chi connectivity index (χ1v) is 17.9. The molecule has 8 rings (SSSR count). The van der Waals surface area contributed by atoms with E-state index >= 15 is 0 Å². The Labute approximate surface area is 287 Å². The molecule has 1 aromatic carbocycles. The van der Waals surface area contributed by atoms with Crippen LogP contribution in [-0.2, 0) is 33.3 Å². The number of carbonyl (C=O) groups excluding carboxylic acids is 3. The number of likely N-dealkylation sites (tertiary alicyclic amines) is 1. The van der Waals surface area contributed by atoms with Crippen LogP contribution >= 0.6 is 0 Å². The van der Waals surface area contributed by atoms with Gasteiger partial charge in [-0.15, -0.1) is 0 Å². The number of aliphatic hydroxyl groups is 2. The molecule has 0 aromatic heterocycles. The Balaban J connectivity index is 1.23. The minimum Gasteiger partial charge on any atom is -0.461 e. The molecule has 0 unspecified atom stereocenters. The van der Waals surface area contributed by atoms with E-state index < -0.39 is 46.1 Å². The van der Waals surface area contributed by atoms with Crippen molar-refractivity contribution in [3.05, 3.63) is 29.8 Å². The number of nitrogens with zero attached hydrogens (tertiary/aromatic N) is 2. The number of rotatable bonds is 9. The van der Waals surface area contributed by atoms with E-state index in [4.69, 9.17) is 23.7 Å². The second-order valence-corrected chi connectivity index (χ2v) is 16.0. The highest BCUT2D eigenvalue weighted by molar-refractivity contribution is 6.22. The summed E-state index contributed by atoms with van der Waals surface area (Å²) >= 11 is 0. The third kappa shape index (κ3) is 3.86. The van der Waals surface area contributed by atoms with Crippen molar-refractivity contribution in [3.63, 3.8) is 0 Å². The second kappa shape index (κ2) is 11.3. The first kappa shape index (κ1) is 33.7. The summed E-state index contributed by atoms with van der Waals surface area (Å²) in [5.41, 5.74) is -4.17. The van der Waals surface area contributed by atoms with Gasteiger partial charge in [-0.05, 0) is 43.9 Å². The summed E-state index contributed by atoms with van der Waals surface area (Å²) in [4.78, 5) is 43.3. The van der Waals surface area contributed by atoms with Crippen LogP contribution in [0.2, 0.25) is 0 Å². The molecule has 1 aromatic rings. The van der Waals surface area contributed by atoms with Crippen LogP contribution in [-0.4, -0.2) is 123 Å². The molecule has 0 radical (unpaired) electrons. The summed E-state index contributed by atoms with van der Waals surface area (Å²) in [6, 6.07) is 6.12. The van der Waals surface area contributed by atoms with E-state index in [9.17, 15) is 24.6 Å². The van der Waals surface area contributed by atoms with Gasteiger partial charge in [0.15, 0.2) is 0 Å². The number of para-hydroxylation sites is 1. The van der Waals surface area contributed by atoms with Crippen LogP contribution < -0.4 is 4.90 Å². The summed E-state index contributed by atoms with van der Waals surface area (Å²) in [5.74, 6) is -2.47. The molecule has 1 spiro atoms. The number of hydrogen-bond donors (Lipinski definition) is 2. The number of hydrogen-bond acceptors (Lipinski definition) is 11. The Kier molecular flexibility index (Phi) is 7.75. The summed E-state index contributed by atoms with van der Waals surface area (Å²) in [7, 11) is 6.70. The number of anilines is 1. The topological polar surface area (TPSA) is 144 Å². The summed E-state index contributed by atoms with van der Waals surface area (Å²) in [5, 5.41) is 26.6. The SMILES string of the molecule is CCN1C[C@@]2(COC(=O)c3ccccc3N3C(=O)C[C@H](C)C3=O)CC[C@H](OC)[C@@]34[C@@H]5C[C@H]6[C@H](OC)[C@@H]5[C@](O)(C[C@@H]6OC)[C@](O)([C@@H](OC)[C@@H]23)[C@@H]14. The fourth-order valence-electron chi connectivity index (χ4n) is 13.2. The quantitative estimate of drug-likeness (QED) is 0.292. The van der Waals surface area contributed by atoms with Gasteiger partial charge in [-0.25, -0.2) is 9.69 Å². The molecule has 7 fully saturated rings. The maximum Gasteiger partial charge on any atom is 0.340 e. The van der Waals surface area contributed by atoms with Crippen molar-refractivity contribution < 1.29 is 48.3 Å². The number of ether oxygens (including phenoxy) is 5. The molecule has 2 heterocycles. The predicted octanol–water partition coefficient (Wildman–Crippen LogP) is 2.04. The molecule has 49 heavy (non-hydrogen) atoms. The first-order chi connectivity index (χ1) is 23.4. The highest BCUT2D eigenvalue weighted by Crippen LogP contribution is 2.80. The fourth-order valence-corrected chi connectivity index (χ4v) is 13.2. The maximum absolute atomic E-state index is 14.1. The van der Waals surface area contributed by atoms with Crippen molar-refractivity contribution in [2.45, 2.75) is 87.6 Å². The zero-order valence-corrected chi connectivity index (χ0v) is 29.3. The number of carbonyl (C=O) groups is 3. The van der Waals surface area contributed by atoms with E-state index in [1.165, 1.54) is 0 Å². The zero-order chi connectivity index (χ0) is 34.8. The third-order valence-corrected chi connectivity index (χ3v) is 14.5. The van der Waals surface area contributed by atoms with Crippen molar-refractivity contribution in [2.24, 2.45) is 40.4 Å². The van der Waals surface area contributed by atoms with Crippen molar-refractivity contribution >= 4 is 23.5 Å². The molecule has 7 aliphatic rings. The van der Waals surface area contributed by atoms with E-state index in [1.54, 1.807) is 59.6 Å². The van der Waals surface area contributed by atoms with Crippen LogP contribution in [0.4, 0.5) is 5.69 Å². The number of piperidine rings is 1. The molecule has 7 bridgehead atoms. The fraction of sp³-hybridized carbons (Fsp3) is 0.757. The van der Waals surface area contributed by atoms with Gasteiger partial charge in [-0.2, -0.15) is 0 Å². The summed E-state index contributed by atoms with van der Waals surface area (Å²) in [6.07, 6.45) is 0.813. The molecule has 5 saturated carbocycles. The normalized spacial score (nSPS) is 48.0. The molecule has 12 nitrogen and oxygen atoms in total. The van der Waals surface area contributed by atoms with Crippen molar-refractivity contribution in [3.8, 4) is 0 Å². The molecule has 12 heteroatoms. The van der Waals surface area contributed by atoms with Gasteiger partial charge >= 0.3 is 5.97 Å². The Hall–Kier alpha value is -2.45. The van der Waals surface area contributed by atoms with E-state index in [-0.39, 0.29) is 84.5 Å². The zero-order valence-electron chi connectivity index (χ0n) is 29.3. The van der Waals surface area contributed by atoms with Crippen LogP contribution in [0.1, 0.15) is 56.3 Å². The predicted molar refractivity (Wildman–Crippen MR) is 174 cm³/mol. The number of benzene rings is 1. The maximum atomic E-state index is 14.1. The van der Waals surface area contributed by atoms with Crippen molar-refractivity contribution in [2.75, 3.05) is 53.0 Å². The smallest absolute Gasteiger partial charge is 0.340 e. The largest absolute Gasteiger partial charge is 0.461 e. The Morgan fingerprint density at radius 1 is 1.04 bits per heavy atom. The van der Waals surface area contributed by atoms with Gasteiger partial charge in [-0.3, -0.25) is 14.5 Å². The van der Waals surface area contributed by atoms with Crippen LogP contribution in [0.3, 0.4) is 0 Å². The van der Waals surface area contributed by atoms with Gasteiger partial charge in [0, 0.05) is 82.3 Å². The molecular weight excluding hydrogens is 632 g/mol.